The Kier molecular flexibility index (Phi) is 5.31. The van der Waals surface area contributed by atoms with E-state index in [4.69, 9.17) is 13.9 Å². The van der Waals surface area contributed by atoms with E-state index in [1.807, 2.05) is 71.6 Å². The summed E-state index contributed by atoms with van der Waals surface area (Å²) in [5.74, 6) is 0.00525. The first-order chi connectivity index (χ1) is 19.6. The van der Waals surface area contributed by atoms with Crippen LogP contribution in [0.5, 0.6) is 0 Å². The number of amides is 1. The first kappa shape index (κ1) is 23.7. The normalized spacial score (nSPS) is 23.8. The van der Waals surface area contributed by atoms with Gasteiger partial charge >= 0.3 is 6.09 Å². The Morgan fingerprint density at radius 1 is 0.825 bits per heavy atom. The molecule has 2 fully saturated rings. The Morgan fingerprint density at radius 2 is 1.45 bits per heavy atom. The predicted octanol–water partition coefficient (Wildman–Crippen LogP) is 6.59. The number of carbonyl (C=O) groups excluding carboxylic acids is 1. The Morgan fingerprint density at radius 3 is 2.17 bits per heavy atom. The minimum atomic E-state index is -1.08. The first-order valence-corrected chi connectivity index (χ1v) is 13.9. The van der Waals surface area contributed by atoms with Crippen LogP contribution < -0.4 is 0 Å². The molecule has 0 saturated carbocycles. The molecule has 4 aromatic carbocycles. The molecular formula is C34H29NO5. The Balaban J connectivity index is 1.04. The summed E-state index contributed by atoms with van der Waals surface area (Å²) >= 11 is 0. The quantitative estimate of drug-likeness (QED) is 0.285. The molecule has 2 unspecified atom stereocenters. The second-order valence-corrected chi connectivity index (χ2v) is 11.3. The summed E-state index contributed by atoms with van der Waals surface area (Å²) in [7, 11) is 0. The van der Waals surface area contributed by atoms with E-state index in [0.29, 0.717) is 26.1 Å². The number of morpholine rings is 1. The number of hydrogen-bond donors (Lipinski definition) is 1. The van der Waals surface area contributed by atoms with Crippen LogP contribution in [0.1, 0.15) is 35.4 Å². The van der Waals surface area contributed by atoms with Crippen LogP contribution in [-0.2, 0) is 15.1 Å². The number of nitrogens with zero attached hydrogens (tertiary/aromatic N) is 1. The second kappa shape index (κ2) is 8.95. The molecule has 2 atom stereocenters. The van der Waals surface area contributed by atoms with Crippen molar-refractivity contribution in [1.82, 2.24) is 4.90 Å². The molecule has 1 N–H and O–H groups in total. The van der Waals surface area contributed by atoms with Gasteiger partial charge in [-0.05, 0) is 46.0 Å². The molecule has 40 heavy (non-hydrogen) atoms. The molecule has 3 heterocycles. The van der Waals surface area contributed by atoms with E-state index in [0.717, 1.165) is 27.5 Å². The standard InChI is InChI=1S/C34H29NO5/c36-33(39-20-30-26-9-3-1-7-24(26)25-8-2-4-10-27(25)30)35-22-16-34(37,17-23(35)19-38-18-22)21-13-14-32-29(15-21)28-11-5-6-12-31(28)40-32/h1-15,22-23,30,37H,16-20H2. The highest BCUT2D eigenvalue weighted by molar-refractivity contribution is 6.05. The van der Waals surface area contributed by atoms with Crippen molar-refractivity contribution in [1.29, 1.82) is 0 Å². The van der Waals surface area contributed by atoms with Crippen molar-refractivity contribution in [3.8, 4) is 11.1 Å². The maximum Gasteiger partial charge on any atom is 0.410 e. The van der Waals surface area contributed by atoms with Gasteiger partial charge in [0.25, 0.3) is 0 Å². The van der Waals surface area contributed by atoms with Crippen molar-refractivity contribution in [2.45, 2.75) is 36.4 Å². The third kappa shape index (κ3) is 3.60. The van der Waals surface area contributed by atoms with Crippen molar-refractivity contribution in [2.24, 2.45) is 0 Å². The minimum Gasteiger partial charge on any atom is -0.456 e. The number of aliphatic hydroxyl groups is 1. The molecule has 0 spiro atoms. The molecule has 8 rings (SSSR count). The Labute approximate surface area is 231 Å². The molecule has 2 bridgehead atoms. The van der Waals surface area contributed by atoms with Crippen LogP contribution in [0.2, 0.25) is 0 Å². The van der Waals surface area contributed by atoms with E-state index in [9.17, 15) is 9.90 Å². The number of benzene rings is 4. The van der Waals surface area contributed by atoms with Crippen molar-refractivity contribution < 1.29 is 23.8 Å². The molecule has 2 saturated heterocycles. The lowest BCUT2D eigenvalue weighted by Gasteiger charge is -2.51. The fourth-order valence-electron chi connectivity index (χ4n) is 7.19. The zero-order valence-electron chi connectivity index (χ0n) is 22.0. The van der Waals surface area contributed by atoms with Gasteiger partial charge in [0.2, 0.25) is 0 Å². The van der Waals surface area contributed by atoms with Crippen molar-refractivity contribution in [2.75, 3.05) is 19.8 Å². The summed E-state index contributed by atoms with van der Waals surface area (Å²) in [5, 5.41) is 14.0. The zero-order chi connectivity index (χ0) is 26.8. The highest BCUT2D eigenvalue weighted by Crippen LogP contribution is 2.46. The number of para-hydroxylation sites is 1. The van der Waals surface area contributed by atoms with Gasteiger partial charge in [0, 0.05) is 29.5 Å². The molecule has 1 aliphatic carbocycles. The lowest BCUT2D eigenvalue weighted by molar-refractivity contribution is -0.136. The molecule has 6 nitrogen and oxygen atoms in total. The van der Waals surface area contributed by atoms with E-state index in [2.05, 4.69) is 24.3 Å². The van der Waals surface area contributed by atoms with Gasteiger partial charge in [-0.15, -0.1) is 0 Å². The Bertz CT molecular complexity index is 1710. The van der Waals surface area contributed by atoms with Gasteiger partial charge in [0.1, 0.15) is 17.8 Å². The van der Waals surface area contributed by atoms with E-state index in [1.165, 1.54) is 22.3 Å². The van der Waals surface area contributed by atoms with Crippen LogP contribution >= 0.6 is 0 Å². The summed E-state index contributed by atoms with van der Waals surface area (Å²) < 4.78 is 17.9. The summed E-state index contributed by atoms with van der Waals surface area (Å²) in [4.78, 5) is 15.4. The average Bonchev–Trinajstić information content (AvgIpc) is 3.51. The number of ether oxygens (including phenoxy) is 2. The molecule has 1 aromatic heterocycles. The van der Waals surface area contributed by atoms with Gasteiger partial charge < -0.3 is 19.0 Å². The third-order valence-corrected chi connectivity index (χ3v) is 9.01. The Hall–Kier alpha value is -4.13. The number of piperidine rings is 1. The molecule has 2 aliphatic heterocycles. The summed E-state index contributed by atoms with van der Waals surface area (Å²) in [6, 6.07) is 30.0. The highest BCUT2D eigenvalue weighted by Gasteiger charge is 2.49. The lowest BCUT2D eigenvalue weighted by atomic mass is 9.76. The molecule has 0 radical (unpaired) electrons. The van der Waals surface area contributed by atoms with Gasteiger partial charge in [-0.2, -0.15) is 0 Å². The fourth-order valence-corrected chi connectivity index (χ4v) is 7.19. The fraction of sp³-hybridized carbons (Fsp3) is 0.265. The van der Waals surface area contributed by atoms with Gasteiger partial charge in [-0.25, -0.2) is 4.79 Å². The van der Waals surface area contributed by atoms with E-state index in [-0.39, 0.29) is 30.7 Å². The smallest absolute Gasteiger partial charge is 0.410 e. The average molecular weight is 532 g/mol. The van der Waals surface area contributed by atoms with Crippen LogP contribution in [0, 0.1) is 0 Å². The molecule has 6 heteroatoms. The zero-order valence-corrected chi connectivity index (χ0v) is 22.0. The minimum absolute atomic E-state index is 0.00525. The maximum absolute atomic E-state index is 13.6. The number of carbonyl (C=O) groups is 1. The van der Waals surface area contributed by atoms with E-state index in [1.54, 1.807) is 0 Å². The number of furan rings is 1. The summed E-state index contributed by atoms with van der Waals surface area (Å²) in [6.45, 7) is 1.03. The molecule has 5 aromatic rings. The molecule has 200 valence electrons. The van der Waals surface area contributed by atoms with Gasteiger partial charge in [0.05, 0.1) is 30.9 Å². The largest absolute Gasteiger partial charge is 0.456 e. The third-order valence-electron chi connectivity index (χ3n) is 9.01. The maximum atomic E-state index is 13.6. The lowest BCUT2D eigenvalue weighted by Crippen LogP contribution is -2.62. The van der Waals surface area contributed by atoms with Gasteiger partial charge in [-0.3, -0.25) is 4.90 Å². The molecule has 1 amide bonds. The predicted molar refractivity (Wildman–Crippen MR) is 152 cm³/mol. The van der Waals surface area contributed by atoms with Crippen LogP contribution in [0.25, 0.3) is 33.1 Å². The van der Waals surface area contributed by atoms with Crippen molar-refractivity contribution >= 4 is 28.0 Å². The monoisotopic (exact) mass is 531 g/mol. The highest BCUT2D eigenvalue weighted by atomic mass is 16.6. The van der Waals surface area contributed by atoms with Crippen LogP contribution in [0.4, 0.5) is 4.79 Å². The van der Waals surface area contributed by atoms with Crippen LogP contribution in [0.15, 0.2) is 95.4 Å². The number of rotatable bonds is 3. The van der Waals surface area contributed by atoms with Crippen molar-refractivity contribution in [3.63, 3.8) is 0 Å². The van der Waals surface area contributed by atoms with Gasteiger partial charge in [-0.1, -0.05) is 72.8 Å². The molecular weight excluding hydrogens is 502 g/mol. The number of hydrogen-bond acceptors (Lipinski definition) is 5. The van der Waals surface area contributed by atoms with E-state index < -0.39 is 5.60 Å². The molecule has 3 aliphatic rings. The summed E-state index contributed by atoms with van der Waals surface area (Å²) in [6.07, 6.45) is 0.433. The topological polar surface area (TPSA) is 72.1 Å². The van der Waals surface area contributed by atoms with Crippen molar-refractivity contribution in [3.05, 3.63) is 108 Å². The summed E-state index contributed by atoms with van der Waals surface area (Å²) in [5.41, 5.74) is 6.18. The SMILES string of the molecule is O=C(OCC1c2ccccc2-c2ccccc21)N1C2COCC1CC(O)(c1ccc3oc4ccccc4c3c1)C2. The van der Waals surface area contributed by atoms with Crippen LogP contribution in [0.3, 0.4) is 0 Å². The first-order valence-electron chi connectivity index (χ1n) is 13.9. The number of fused-ring (bicyclic) bond motifs is 8. The van der Waals surface area contributed by atoms with E-state index >= 15 is 0 Å². The van der Waals surface area contributed by atoms with Gasteiger partial charge in [0.15, 0.2) is 0 Å². The van der Waals surface area contributed by atoms with Crippen LogP contribution in [-0.4, -0.2) is 48.0 Å². The second-order valence-electron chi connectivity index (χ2n) is 11.3.